The number of halogens is 3. The Labute approximate surface area is 234 Å². The van der Waals surface area contributed by atoms with E-state index < -0.39 is 17.7 Å². The van der Waals surface area contributed by atoms with Crippen LogP contribution in [0.2, 0.25) is 0 Å². The smallest absolute Gasteiger partial charge is 0.417 e. The van der Waals surface area contributed by atoms with Gasteiger partial charge < -0.3 is 24.6 Å². The van der Waals surface area contributed by atoms with E-state index >= 15 is 0 Å². The van der Waals surface area contributed by atoms with E-state index in [0.29, 0.717) is 35.4 Å². The average Bonchev–Trinajstić information content (AvgIpc) is 3.63. The summed E-state index contributed by atoms with van der Waals surface area (Å²) in [5.41, 5.74) is 1.33. The maximum Gasteiger partial charge on any atom is 0.417 e. The molecular weight excluding hydrogens is 539 g/mol. The van der Waals surface area contributed by atoms with Crippen molar-refractivity contribution in [1.29, 1.82) is 0 Å². The number of hydrogen-bond acceptors (Lipinski definition) is 5. The molecule has 3 aromatic rings. The highest BCUT2D eigenvalue weighted by molar-refractivity contribution is 5.93. The van der Waals surface area contributed by atoms with Crippen LogP contribution in [0.1, 0.15) is 77.3 Å². The Hall–Kier alpha value is -3.86. The van der Waals surface area contributed by atoms with Gasteiger partial charge in [0.15, 0.2) is 0 Å². The van der Waals surface area contributed by atoms with Crippen LogP contribution >= 0.6 is 0 Å². The van der Waals surface area contributed by atoms with Gasteiger partial charge in [0.05, 0.1) is 23.8 Å². The Balaban J connectivity index is 1.15. The number of rotatable bonds is 7. The van der Waals surface area contributed by atoms with Crippen LogP contribution in [0.3, 0.4) is 0 Å². The summed E-state index contributed by atoms with van der Waals surface area (Å²) in [5.74, 6) is -0.290. The van der Waals surface area contributed by atoms with Gasteiger partial charge in [-0.05, 0) is 75.3 Å². The minimum atomic E-state index is -4.53. The van der Waals surface area contributed by atoms with Crippen LogP contribution < -0.4 is 5.32 Å². The summed E-state index contributed by atoms with van der Waals surface area (Å²) in [7, 11) is 0. The number of hydrogen-bond donors (Lipinski definition) is 2. The molecule has 8 nitrogen and oxygen atoms in total. The number of anilines is 1. The number of carbonyl (C=O) groups excluding carboxylic acids is 1. The van der Waals surface area contributed by atoms with Gasteiger partial charge in [-0.25, -0.2) is 9.59 Å². The first-order valence-electron chi connectivity index (χ1n) is 13.8. The van der Waals surface area contributed by atoms with E-state index in [1.165, 1.54) is 24.3 Å². The summed E-state index contributed by atoms with van der Waals surface area (Å²) < 4.78 is 53.2. The molecule has 2 aliphatic heterocycles. The van der Waals surface area contributed by atoms with Crippen molar-refractivity contribution in [2.75, 3.05) is 5.32 Å². The topological polar surface area (TPSA) is 105 Å². The minimum absolute atomic E-state index is 0.0208. The number of urea groups is 1. The summed E-state index contributed by atoms with van der Waals surface area (Å²) in [6.07, 6.45) is -0.00684. The van der Waals surface area contributed by atoms with E-state index in [1.807, 2.05) is 4.90 Å². The zero-order chi connectivity index (χ0) is 28.9. The number of aromatic carboxylic acids is 1. The van der Waals surface area contributed by atoms with E-state index in [2.05, 4.69) is 10.5 Å². The lowest BCUT2D eigenvalue weighted by Crippen LogP contribution is -2.50. The van der Waals surface area contributed by atoms with Gasteiger partial charge in [0.2, 0.25) is 0 Å². The van der Waals surface area contributed by atoms with E-state index in [0.717, 1.165) is 31.7 Å². The molecular formula is C30H30F3N3O5. The van der Waals surface area contributed by atoms with Gasteiger partial charge in [0, 0.05) is 34.8 Å². The highest BCUT2D eigenvalue weighted by atomic mass is 19.4. The number of carbonyl (C=O) groups is 2. The van der Waals surface area contributed by atoms with Crippen molar-refractivity contribution in [3.8, 4) is 11.3 Å². The fourth-order valence-corrected chi connectivity index (χ4v) is 6.19. The zero-order valence-corrected chi connectivity index (χ0v) is 22.4. The Bertz CT molecular complexity index is 1470. The molecule has 0 spiro atoms. The van der Waals surface area contributed by atoms with Crippen molar-refractivity contribution in [1.82, 2.24) is 10.1 Å². The van der Waals surface area contributed by atoms with Crippen LogP contribution in [0.15, 0.2) is 47.0 Å². The lowest BCUT2D eigenvalue weighted by atomic mass is 9.98. The Kier molecular flexibility index (Phi) is 7.01. The van der Waals surface area contributed by atoms with Crippen LogP contribution in [-0.4, -0.2) is 45.4 Å². The molecule has 1 aliphatic carbocycles. The Morgan fingerprint density at radius 3 is 2.44 bits per heavy atom. The number of carboxylic acid groups (broad SMARTS) is 1. The predicted octanol–water partition coefficient (Wildman–Crippen LogP) is 6.99. The van der Waals surface area contributed by atoms with Gasteiger partial charge in [-0.15, -0.1) is 0 Å². The number of piperidine rings is 1. The van der Waals surface area contributed by atoms with Crippen molar-refractivity contribution < 1.29 is 37.1 Å². The summed E-state index contributed by atoms with van der Waals surface area (Å²) in [6, 6.07) is 9.65. The maximum absolute atomic E-state index is 13.8. The van der Waals surface area contributed by atoms with Crippen LogP contribution in [-0.2, 0) is 17.5 Å². The second kappa shape index (κ2) is 10.5. The van der Waals surface area contributed by atoms with Crippen molar-refractivity contribution >= 4 is 17.7 Å². The molecule has 6 rings (SSSR count). The molecule has 2 saturated heterocycles. The summed E-state index contributed by atoms with van der Waals surface area (Å²) in [5, 5.41) is 16.2. The summed E-state index contributed by atoms with van der Waals surface area (Å²) in [6.45, 7) is 1.83. The molecule has 2 aromatic carbocycles. The molecule has 1 aromatic heterocycles. The number of nitrogens with one attached hydrogen (secondary N) is 1. The van der Waals surface area contributed by atoms with Crippen molar-refractivity contribution in [2.45, 2.75) is 82.3 Å². The molecule has 2 unspecified atom stereocenters. The van der Waals surface area contributed by atoms with Gasteiger partial charge in [0.1, 0.15) is 11.5 Å². The molecule has 2 atom stereocenters. The SMILES string of the molecule is Cc1cc(C(=O)O)ccc1NC(=O)N1C2CCC1CC(OCc1c(-c3ccccc3C(F)(F)F)noc1C1CC1)C2. The predicted molar refractivity (Wildman–Crippen MR) is 143 cm³/mol. The van der Waals surface area contributed by atoms with Crippen molar-refractivity contribution in [3.05, 3.63) is 70.5 Å². The molecule has 3 fully saturated rings. The molecule has 2 amide bonds. The van der Waals surface area contributed by atoms with Gasteiger partial charge in [0.25, 0.3) is 0 Å². The van der Waals surface area contributed by atoms with E-state index in [9.17, 15) is 27.9 Å². The monoisotopic (exact) mass is 569 g/mol. The molecule has 11 heteroatoms. The first kappa shape index (κ1) is 27.3. The van der Waals surface area contributed by atoms with E-state index in [1.54, 1.807) is 19.1 Å². The second-order valence-corrected chi connectivity index (χ2v) is 11.2. The van der Waals surface area contributed by atoms with Crippen molar-refractivity contribution in [3.63, 3.8) is 0 Å². The molecule has 2 N–H and O–H groups in total. The molecule has 0 radical (unpaired) electrons. The maximum atomic E-state index is 13.8. The molecule has 3 heterocycles. The number of carboxylic acids is 1. The molecule has 2 bridgehead atoms. The Morgan fingerprint density at radius 1 is 1.10 bits per heavy atom. The lowest BCUT2D eigenvalue weighted by molar-refractivity contribution is -0.137. The number of aromatic nitrogens is 1. The van der Waals surface area contributed by atoms with Gasteiger partial charge >= 0.3 is 18.2 Å². The normalized spacial score (nSPS) is 22.1. The van der Waals surface area contributed by atoms with Crippen LogP contribution in [0.5, 0.6) is 0 Å². The third-order valence-electron chi connectivity index (χ3n) is 8.36. The fraction of sp³-hybridized carbons (Fsp3) is 0.433. The second-order valence-electron chi connectivity index (χ2n) is 11.2. The quantitative estimate of drug-likeness (QED) is 0.318. The highest BCUT2D eigenvalue weighted by Crippen LogP contribution is 2.46. The number of aryl methyl sites for hydroxylation is 1. The highest BCUT2D eigenvalue weighted by Gasteiger charge is 2.44. The third kappa shape index (κ3) is 5.42. The first-order chi connectivity index (χ1) is 19.6. The Morgan fingerprint density at radius 2 is 1.80 bits per heavy atom. The number of fused-ring (bicyclic) bond motifs is 2. The largest absolute Gasteiger partial charge is 0.478 e. The molecule has 216 valence electrons. The number of benzene rings is 2. The number of nitrogens with zero attached hydrogens (tertiary/aromatic N) is 2. The zero-order valence-electron chi connectivity index (χ0n) is 22.4. The average molecular weight is 570 g/mol. The molecule has 3 aliphatic rings. The van der Waals surface area contributed by atoms with Crippen molar-refractivity contribution in [2.24, 2.45) is 0 Å². The van der Waals surface area contributed by atoms with E-state index in [-0.39, 0.29) is 53.6 Å². The van der Waals surface area contributed by atoms with E-state index in [4.69, 9.17) is 9.26 Å². The lowest BCUT2D eigenvalue weighted by Gasteiger charge is -2.38. The van der Waals surface area contributed by atoms with Crippen LogP contribution in [0.25, 0.3) is 11.3 Å². The third-order valence-corrected chi connectivity index (χ3v) is 8.36. The number of alkyl halides is 3. The summed E-state index contributed by atoms with van der Waals surface area (Å²) in [4.78, 5) is 26.3. The van der Waals surface area contributed by atoms with Crippen LogP contribution in [0.4, 0.5) is 23.7 Å². The molecule has 41 heavy (non-hydrogen) atoms. The number of ether oxygens (including phenoxy) is 1. The van der Waals surface area contributed by atoms with Gasteiger partial charge in [-0.1, -0.05) is 23.4 Å². The molecule has 1 saturated carbocycles. The van der Waals surface area contributed by atoms with Crippen LogP contribution in [0, 0.1) is 6.92 Å². The minimum Gasteiger partial charge on any atom is -0.478 e. The standard InChI is InChI=1S/C30H30F3N3O5/c1-16-12-18(28(37)38)8-11-25(16)34-29(39)36-19-9-10-20(36)14-21(13-19)40-15-23-26(35-41-27(23)17-6-7-17)22-4-2-3-5-24(22)30(31,32)33/h2-5,8,11-12,17,19-21H,6-7,9-10,13-15H2,1H3,(H,34,39)(H,37,38). The fourth-order valence-electron chi connectivity index (χ4n) is 6.19. The summed E-state index contributed by atoms with van der Waals surface area (Å²) >= 11 is 0. The van der Waals surface area contributed by atoms with Gasteiger partial charge in [-0.3, -0.25) is 0 Å². The van der Waals surface area contributed by atoms with Gasteiger partial charge in [-0.2, -0.15) is 13.2 Å². The number of amides is 2. The first-order valence-corrected chi connectivity index (χ1v) is 13.8.